The van der Waals surface area contributed by atoms with Crippen molar-refractivity contribution in [2.75, 3.05) is 23.1 Å². The van der Waals surface area contributed by atoms with Gasteiger partial charge in [-0.25, -0.2) is 8.42 Å². The Morgan fingerprint density at radius 1 is 0.909 bits per heavy atom. The number of hydrogen-bond acceptors (Lipinski definition) is 4. The van der Waals surface area contributed by atoms with Gasteiger partial charge in [-0.15, -0.1) is 11.8 Å². The number of amides is 1. The molecule has 174 valence electrons. The van der Waals surface area contributed by atoms with E-state index in [2.05, 4.69) is 36.5 Å². The number of nitrogens with zero attached hydrogens (tertiary/aromatic N) is 1. The zero-order valence-electron chi connectivity index (χ0n) is 19.2. The Balaban J connectivity index is 1.66. The van der Waals surface area contributed by atoms with Gasteiger partial charge in [-0.05, 0) is 74.4 Å². The number of anilines is 1. The highest BCUT2D eigenvalue weighted by molar-refractivity contribution is 7.99. The molecule has 0 fully saturated rings. The summed E-state index contributed by atoms with van der Waals surface area (Å²) in [5.74, 6) is 0.544. The number of thioether (sulfide) groups is 1. The van der Waals surface area contributed by atoms with Crippen LogP contribution in [0.4, 0.5) is 5.69 Å². The van der Waals surface area contributed by atoms with Crippen LogP contribution in [-0.2, 0) is 14.8 Å². The first-order valence-corrected chi connectivity index (χ1v) is 13.3. The van der Waals surface area contributed by atoms with Gasteiger partial charge in [0, 0.05) is 11.4 Å². The van der Waals surface area contributed by atoms with Crippen LogP contribution in [0.3, 0.4) is 0 Å². The van der Waals surface area contributed by atoms with E-state index in [-0.39, 0.29) is 17.3 Å². The van der Waals surface area contributed by atoms with Crippen molar-refractivity contribution in [2.24, 2.45) is 0 Å². The summed E-state index contributed by atoms with van der Waals surface area (Å²) in [6.07, 6.45) is 0.791. The molecule has 0 saturated heterocycles. The molecule has 1 amide bonds. The van der Waals surface area contributed by atoms with Gasteiger partial charge in [-0.2, -0.15) is 0 Å². The number of benzene rings is 3. The number of sulfonamides is 1. The Morgan fingerprint density at radius 3 is 2.30 bits per heavy atom. The molecule has 7 heteroatoms. The van der Waals surface area contributed by atoms with Crippen molar-refractivity contribution in [1.82, 2.24) is 5.32 Å². The Bertz CT molecular complexity index is 1180. The van der Waals surface area contributed by atoms with Crippen molar-refractivity contribution >= 4 is 33.4 Å². The fraction of sp³-hybridized carbons (Fsp3) is 0.269. The minimum Gasteiger partial charge on any atom is -0.354 e. The predicted molar refractivity (Wildman–Crippen MR) is 136 cm³/mol. The van der Waals surface area contributed by atoms with E-state index in [0.717, 1.165) is 23.3 Å². The van der Waals surface area contributed by atoms with Crippen molar-refractivity contribution in [1.29, 1.82) is 0 Å². The summed E-state index contributed by atoms with van der Waals surface area (Å²) in [7, 11) is -3.89. The van der Waals surface area contributed by atoms with Gasteiger partial charge in [0.2, 0.25) is 5.91 Å². The second-order valence-electron chi connectivity index (χ2n) is 7.91. The molecule has 33 heavy (non-hydrogen) atoms. The Kier molecular flexibility index (Phi) is 8.58. The molecule has 3 aromatic rings. The van der Waals surface area contributed by atoms with Crippen LogP contribution in [0.15, 0.2) is 82.6 Å². The van der Waals surface area contributed by atoms with E-state index in [1.165, 1.54) is 14.8 Å². The van der Waals surface area contributed by atoms with Gasteiger partial charge in [0.25, 0.3) is 10.0 Å². The van der Waals surface area contributed by atoms with Crippen molar-refractivity contribution in [3.05, 3.63) is 89.5 Å². The average Bonchev–Trinajstić information content (AvgIpc) is 2.81. The van der Waals surface area contributed by atoms with Crippen LogP contribution in [0, 0.1) is 20.8 Å². The zero-order valence-corrected chi connectivity index (χ0v) is 20.9. The first kappa shape index (κ1) is 24.9. The van der Waals surface area contributed by atoms with E-state index in [0.29, 0.717) is 12.2 Å². The lowest BCUT2D eigenvalue weighted by atomic mass is 10.1. The molecule has 5 nitrogen and oxygen atoms in total. The number of carbonyl (C=O) groups excluding carboxylic acids is 1. The van der Waals surface area contributed by atoms with Gasteiger partial charge in [0.15, 0.2) is 0 Å². The molecule has 0 aliphatic carbocycles. The van der Waals surface area contributed by atoms with E-state index in [4.69, 9.17) is 0 Å². The molecule has 0 saturated carbocycles. The molecule has 0 aromatic heterocycles. The monoisotopic (exact) mass is 482 g/mol. The predicted octanol–water partition coefficient (Wildman–Crippen LogP) is 5.11. The number of carbonyl (C=O) groups is 1. The summed E-state index contributed by atoms with van der Waals surface area (Å²) in [5, 5.41) is 2.88. The molecular formula is C26H30N2O3S2. The van der Waals surface area contributed by atoms with Crippen LogP contribution < -0.4 is 9.62 Å². The summed E-state index contributed by atoms with van der Waals surface area (Å²) in [6, 6.07) is 22.1. The summed E-state index contributed by atoms with van der Waals surface area (Å²) in [5.41, 5.74) is 3.54. The van der Waals surface area contributed by atoms with E-state index in [1.54, 1.807) is 48.2 Å². The lowest BCUT2D eigenvalue weighted by Crippen LogP contribution is -2.41. The first-order chi connectivity index (χ1) is 15.8. The van der Waals surface area contributed by atoms with E-state index in [1.807, 2.05) is 26.0 Å². The molecule has 0 bridgehead atoms. The first-order valence-electron chi connectivity index (χ1n) is 10.9. The molecule has 0 heterocycles. The van der Waals surface area contributed by atoms with Crippen molar-refractivity contribution in [3.8, 4) is 0 Å². The van der Waals surface area contributed by atoms with Crippen molar-refractivity contribution in [3.63, 3.8) is 0 Å². The van der Waals surface area contributed by atoms with E-state index in [9.17, 15) is 13.2 Å². The third-order valence-electron chi connectivity index (χ3n) is 5.40. The molecule has 0 aliphatic heterocycles. The van der Waals surface area contributed by atoms with Crippen molar-refractivity contribution < 1.29 is 13.2 Å². The number of aryl methyl sites for hydroxylation is 2. The quantitative estimate of drug-likeness (QED) is 0.322. The van der Waals surface area contributed by atoms with Crippen LogP contribution in [0.25, 0.3) is 0 Å². The Hall–Kier alpha value is -2.77. The highest BCUT2D eigenvalue weighted by Crippen LogP contribution is 2.28. The molecular weight excluding hydrogens is 452 g/mol. The molecule has 0 aliphatic rings. The Morgan fingerprint density at radius 2 is 1.61 bits per heavy atom. The lowest BCUT2D eigenvalue weighted by Gasteiger charge is -2.26. The largest absolute Gasteiger partial charge is 0.354 e. The van der Waals surface area contributed by atoms with E-state index < -0.39 is 10.0 Å². The minimum absolute atomic E-state index is 0.160. The lowest BCUT2D eigenvalue weighted by molar-refractivity contribution is -0.119. The SMILES string of the molecule is Cc1ccc(SCCCNC(=O)CN(c2cccc(C)c2C)S(=O)(=O)c2ccccc2)cc1. The summed E-state index contributed by atoms with van der Waals surface area (Å²) < 4.78 is 28.1. The number of hydrogen-bond donors (Lipinski definition) is 1. The van der Waals surface area contributed by atoms with Gasteiger partial charge < -0.3 is 5.32 Å². The van der Waals surface area contributed by atoms with Crippen LogP contribution in [0.5, 0.6) is 0 Å². The molecule has 0 spiro atoms. The highest BCUT2D eigenvalue weighted by Gasteiger charge is 2.28. The maximum atomic E-state index is 13.4. The van der Waals surface area contributed by atoms with Crippen LogP contribution in [0.1, 0.15) is 23.1 Å². The third kappa shape index (κ3) is 6.62. The van der Waals surface area contributed by atoms with E-state index >= 15 is 0 Å². The second-order valence-corrected chi connectivity index (χ2v) is 10.9. The average molecular weight is 483 g/mol. The molecule has 0 atom stereocenters. The molecule has 0 unspecified atom stereocenters. The molecule has 3 aromatic carbocycles. The zero-order chi connectivity index (χ0) is 23.8. The standard InChI is InChI=1S/C26H30N2O3S2/c1-20-13-15-23(16-14-20)32-18-8-17-27-26(29)19-28(25-12-7-9-21(2)22(25)3)33(30,31)24-10-5-4-6-11-24/h4-7,9-16H,8,17-19H2,1-3H3,(H,27,29). The molecule has 0 radical (unpaired) electrons. The normalized spacial score (nSPS) is 11.2. The molecule has 3 rings (SSSR count). The second kappa shape index (κ2) is 11.4. The van der Waals surface area contributed by atoms with Gasteiger partial charge in [0.05, 0.1) is 10.6 Å². The topological polar surface area (TPSA) is 66.5 Å². The summed E-state index contributed by atoms with van der Waals surface area (Å²) in [4.78, 5) is 14.1. The van der Waals surface area contributed by atoms with Gasteiger partial charge in [0.1, 0.15) is 6.54 Å². The summed E-state index contributed by atoms with van der Waals surface area (Å²) in [6.45, 7) is 6.08. The van der Waals surface area contributed by atoms with Crippen LogP contribution in [0.2, 0.25) is 0 Å². The van der Waals surface area contributed by atoms with Crippen molar-refractivity contribution in [2.45, 2.75) is 37.0 Å². The number of rotatable bonds is 10. The maximum Gasteiger partial charge on any atom is 0.264 e. The summed E-state index contributed by atoms with van der Waals surface area (Å²) >= 11 is 1.74. The van der Waals surface area contributed by atoms with Crippen LogP contribution in [-0.4, -0.2) is 33.2 Å². The fourth-order valence-electron chi connectivity index (χ4n) is 3.34. The maximum absolute atomic E-state index is 13.4. The molecule has 1 N–H and O–H groups in total. The highest BCUT2D eigenvalue weighted by atomic mass is 32.2. The fourth-order valence-corrected chi connectivity index (χ4v) is 5.69. The minimum atomic E-state index is -3.89. The van der Waals surface area contributed by atoms with Gasteiger partial charge in [-0.1, -0.05) is 48.0 Å². The van der Waals surface area contributed by atoms with Gasteiger partial charge in [-0.3, -0.25) is 9.10 Å². The Labute approximate surface area is 201 Å². The number of nitrogens with one attached hydrogen (secondary N) is 1. The van der Waals surface area contributed by atoms with Gasteiger partial charge >= 0.3 is 0 Å². The van der Waals surface area contributed by atoms with Crippen LogP contribution >= 0.6 is 11.8 Å². The smallest absolute Gasteiger partial charge is 0.264 e. The third-order valence-corrected chi connectivity index (χ3v) is 8.27.